The van der Waals surface area contributed by atoms with Crippen molar-refractivity contribution in [3.05, 3.63) is 20.3 Å². The summed E-state index contributed by atoms with van der Waals surface area (Å²) in [7, 11) is 1.63. The maximum atomic E-state index is 11.8. The third-order valence-corrected chi connectivity index (χ3v) is 5.24. The highest BCUT2D eigenvalue weighted by molar-refractivity contribution is 9.13. The second kappa shape index (κ2) is 4.80. The molecular weight excluding hydrogens is 408 g/mol. The first-order chi connectivity index (χ1) is 7.56. The van der Waals surface area contributed by atoms with Crippen LogP contribution >= 0.6 is 47.8 Å². The highest BCUT2D eigenvalue weighted by Gasteiger charge is 2.33. The monoisotopic (exact) mass is 414 g/mol. The molecule has 88 valence electrons. The van der Waals surface area contributed by atoms with Crippen molar-refractivity contribution < 1.29 is 9.53 Å². The summed E-state index contributed by atoms with van der Waals surface area (Å²) in [6.07, 6.45) is -0.175. The van der Waals surface area contributed by atoms with E-state index in [1.807, 2.05) is 0 Å². The zero-order valence-electron chi connectivity index (χ0n) is 8.31. The molecule has 1 aliphatic heterocycles. The molecule has 2 unspecified atom stereocenters. The minimum Gasteiger partial charge on any atom is -0.375 e. The molecule has 7 heteroatoms. The van der Waals surface area contributed by atoms with Gasteiger partial charge in [0.05, 0.1) is 20.0 Å². The summed E-state index contributed by atoms with van der Waals surface area (Å²) in [6.45, 7) is 0.532. The molecule has 4 nitrogen and oxygen atoms in total. The molecule has 2 heterocycles. The van der Waals surface area contributed by atoms with E-state index >= 15 is 0 Å². The Morgan fingerprint density at radius 2 is 2.12 bits per heavy atom. The Hall–Kier alpha value is 0.150. The summed E-state index contributed by atoms with van der Waals surface area (Å²) in [5.74, 6) is -0.120. The molecule has 1 aromatic heterocycles. The predicted octanol–water partition coefficient (Wildman–Crippen LogP) is 2.73. The van der Waals surface area contributed by atoms with Gasteiger partial charge in [-0.25, -0.2) is 0 Å². The Bertz CT molecular complexity index is 433. The van der Waals surface area contributed by atoms with Crippen LogP contribution in [0.4, 0.5) is 0 Å². The maximum Gasteiger partial charge on any atom is 0.268 e. The number of H-pyrrole nitrogens is 1. The fourth-order valence-corrected chi connectivity index (χ4v) is 3.32. The van der Waals surface area contributed by atoms with Crippen LogP contribution in [-0.2, 0) is 4.74 Å². The van der Waals surface area contributed by atoms with Gasteiger partial charge in [-0.1, -0.05) is 15.9 Å². The zero-order valence-corrected chi connectivity index (χ0v) is 13.1. The van der Waals surface area contributed by atoms with Crippen LogP contribution in [0, 0.1) is 0 Å². The summed E-state index contributed by atoms with van der Waals surface area (Å²) >= 11 is 10.3. The Balaban J connectivity index is 2.59. The van der Waals surface area contributed by atoms with Crippen LogP contribution in [0.2, 0.25) is 0 Å². The molecule has 0 saturated carbocycles. The van der Waals surface area contributed by atoms with Crippen LogP contribution < -0.4 is 5.32 Å². The number of fused-ring (bicyclic) bond motifs is 1. The van der Waals surface area contributed by atoms with Crippen LogP contribution in [0.3, 0.4) is 0 Å². The van der Waals surface area contributed by atoms with Crippen LogP contribution in [0.25, 0.3) is 0 Å². The van der Waals surface area contributed by atoms with Gasteiger partial charge in [0.2, 0.25) is 0 Å². The van der Waals surface area contributed by atoms with Gasteiger partial charge in [-0.3, -0.25) is 4.79 Å². The van der Waals surface area contributed by atoms with Gasteiger partial charge in [-0.15, -0.1) is 0 Å². The molecule has 0 radical (unpaired) electrons. The summed E-state index contributed by atoms with van der Waals surface area (Å²) < 4.78 is 7.02. The quantitative estimate of drug-likeness (QED) is 0.692. The third-order valence-electron chi connectivity index (χ3n) is 2.48. The summed E-state index contributed by atoms with van der Waals surface area (Å²) in [6, 6.07) is 0. The molecule has 2 rings (SSSR count). The molecule has 0 saturated heterocycles. The van der Waals surface area contributed by atoms with Gasteiger partial charge >= 0.3 is 0 Å². The number of alkyl halides is 1. The molecule has 0 aliphatic carbocycles. The number of aromatic nitrogens is 1. The molecule has 16 heavy (non-hydrogen) atoms. The van der Waals surface area contributed by atoms with Crippen molar-refractivity contribution in [3.63, 3.8) is 0 Å². The molecule has 2 N–H and O–H groups in total. The maximum absolute atomic E-state index is 11.8. The van der Waals surface area contributed by atoms with Crippen molar-refractivity contribution >= 4 is 53.7 Å². The average Bonchev–Trinajstić information content (AvgIpc) is 2.48. The van der Waals surface area contributed by atoms with E-state index in [1.165, 1.54) is 0 Å². The lowest BCUT2D eigenvalue weighted by molar-refractivity contribution is 0.0950. The summed E-state index contributed by atoms with van der Waals surface area (Å²) in [5, 5.41) is 2.82. The molecule has 2 atom stereocenters. The molecule has 1 aliphatic rings. The lowest BCUT2D eigenvalue weighted by atomic mass is 10.1. The van der Waals surface area contributed by atoms with Crippen LogP contribution in [-0.4, -0.2) is 29.4 Å². The van der Waals surface area contributed by atoms with E-state index in [0.717, 1.165) is 14.6 Å². The van der Waals surface area contributed by atoms with Gasteiger partial charge in [-0.2, -0.15) is 0 Å². The predicted molar refractivity (Wildman–Crippen MR) is 71.0 cm³/mol. The number of hydrogen-bond acceptors (Lipinski definition) is 2. The molecule has 1 amide bonds. The van der Waals surface area contributed by atoms with Crippen molar-refractivity contribution in [1.82, 2.24) is 10.3 Å². The number of carbonyl (C=O) groups excluding carboxylic acids is 1. The van der Waals surface area contributed by atoms with E-state index in [4.69, 9.17) is 4.74 Å². The summed E-state index contributed by atoms with van der Waals surface area (Å²) in [5.41, 5.74) is 1.37. The van der Waals surface area contributed by atoms with Gasteiger partial charge < -0.3 is 15.0 Å². The lowest BCUT2D eigenvalue weighted by Gasteiger charge is -2.18. The number of ether oxygens (including phenoxy) is 1. The molecule has 0 aromatic carbocycles. The number of amides is 1. The van der Waals surface area contributed by atoms with Gasteiger partial charge in [0.15, 0.2) is 0 Å². The minimum atomic E-state index is -0.175. The van der Waals surface area contributed by atoms with Crippen LogP contribution in [0.5, 0.6) is 0 Å². The third kappa shape index (κ3) is 1.98. The lowest BCUT2D eigenvalue weighted by Crippen LogP contribution is -2.28. The zero-order chi connectivity index (χ0) is 11.9. The Kier molecular flexibility index (Phi) is 3.78. The van der Waals surface area contributed by atoms with Gasteiger partial charge in [-0.05, 0) is 31.9 Å². The normalized spacial score (nSPS) is 24.9. The van der Waals surface area contributed by atoms with E-state index in [1.54, 1.807) is 7.11 Å². The Labute approximate surface area is 118 Å². The summed E-state index contributed by atoms with van der Waals surface area (Å²) in [4.78, 5) is 14.9. The first-order valence-electron chi connectivity index (χ1n) is 4.58. The standard InChI is InChI=1S/C9H9Br3N2O2/c1-16-7-3(10)2-13-9(15)6-4(7)5(11)8(12)14-6/h3,7,14H,2H2,1H3,(H,13,15). The smallest absolute Gasteiger partial charge is 0.268 e. The minimum absolute atomic E-state index is 0.0432. The molecule has 0 bridgehead atoms. The largest absolute Gasteiger partial charge is 0.375 e. The van der Waals surface area contributed by atoms with Crippen molar-refractivity contribution in [1.29, 1.82) is 0 Å². The van der Waals surface area contributed by atoms with E-state index < -0.39 is 0 Å². The first-order valence-corrected chi connectivity index (χ1v) is 7.08. The van der Waals surface area contributed by atoms with E-state index in [-0.39, 0.29) is 16.8 Å². The van der Waals surface area contributed by atoms with E-state index in [9.17, 15) is 4.79 Å². The van der Waals surface area contributed by atoms with Crippen molar-refractivity contribution in [3.8, 4) is 0 Å². The fourth-order valence-electron chi connectivity index (χ4n) is 1.74. The van der Waals surface area contributed by atoms with Gasteiger partial charge in [0.25, 0.3) is 5.91 Å². The average molecular weight is 417 g/mol. The number of nitrogens with one attached hydrogen (secondary N) is 2. The van der Waals surface area contributed by atoms with Crippen LogP contribution in [0.15, 0.2) is 9.08 Å². The molecule has 0 spiro atoms. The Morgan fingerprint density at radius 3 is 2.75 bits per heavy atom. The number of methoxy groups -OCH3 is 1. The van der Waals surface area contributed by atoms with Crippen molar-refractivity contribution in [2.45, 2.75) is 10.9 Å². The molecule has 1 aromatic rings. The fraction of sp³-hybridized carbons (Fsp3) is 0.444. The van der Waals surface area contributed by atoms with Gasteiger partial charge in [0.1, 0.15) is 5.69 Å². The SMILES string of the molecule is COC1c2c([nH]c(Br)c2Br)C(=O)NCC1Br. The number of halogens is 3. The Morgan fingerprint density at radius 1 is 1.44 bits per heavy atom. The van der Waals surface area contributed by atoms with E-state index in [0.29, 0.717) is 12.2 Å². The second-order valence-corrected chi connectivity index (χ2v) is 6.19. The van der Waals surface area contributed by atoms with Crippen LogP contribution in [0.1, 0.15) is 22.2 Å². The number of rotatable bonds is 1. The van der Waals surface area contributed by atoms with E-state index in [2.05, 4.69) is 58.1 Å². The van der Waals surface area contributed by atoms with Crippen molar-refractivity contribution in [2.75, 3.05) is 13.7 Å². The second-order valence-electron chi connectivity index (χ2n) is 3.42. The highest BCUT2D eigenvalue weighted by atomic mass is 79.9. The number of hydrogen-bond donors (Lipinski definition) is 2. The number of aromatic amines is 1. The number of carbonyl (C=O) groups is 1. The first kappa shape index (κ1) is 12.6. The highest BCUT2D eigenvalue weighted by Crippen LogP contribution is 2.39. The molecular formula is C9H9Br3N2O2. The topological polar surface area (TPSA) is 54.1 Å². The van der Waals surface area contributed by atoms with Gasteiger partial charge in [0, 0.05) is 19.2 Å². The van der Waals surface area contributed by atoms with Crippen molar-refractivity contribution in [2.24, 2.45) is 0 Å². The molecule has 0 fully saturated rings.